The second-order valence-corrected chi connectivity index (χ2v) is 11.5. The smallest absolute Gasteiger partial charge is 0.369 e. The van der Waals surface area contributed by atoms with E-state index < -0.39 is 56.6 Å². The fourth-order valence-corrected chi connectivity index (χ4v) is 5.07. The number of nitriles is 1. The highest BCUT2D eigenvalue weighted by Gasteiger charge is 2.71. The molecule has 1 atom stereocenters. The molecule has 15 heteroatoms. The van der Waals surface area contributed by atoms with Gasteiger partial charge in [0.2, 0.25) is 5.91 Å². The molecule has 39 heavy (non-hydrogen) atoms. The van der Waals surface area contributed by atoms with Crippen molar-refractivity contribution < 1.29 is 49.5 Å². The molecular formula is C24H19F6N3O5S. The Morgan fingerprint density at radius 2 is 1.62 bits per heavy atom. The molecule has 2 aromatic rings. The molecule has 0 radical (unpaired) electrons. The monoisotopic (exact) mass is 575 g/mol. The first-order valence-corrected chi connectivity index (χ1v) is 13.1. The van der Waals surface area contributed by atoms with Gasteiger partial charge in [-0.25, -0.2) is 8.42 Å². The fraction of sp³-hybridized carbons (Fsp3) is 0.375. The predicted octanol–water partition coefficient (Wildman–Crippen LogP) is 3.73. The topological polar surface area (TPSA) is 128 Å². The van der Waals surface area contributed by atoms with E-state index in [-0.39, 0.29) is 35.5 Å². The Morgan fingerprint density at radius 1 is 1.05 bits per heavy atom. The predicted molar refractivity (Wildman–Crippen MR) is 121 cm³/mol. The normalized spacial score (nSPS) is 18.7. The lowest BCUT2D eigenvalue weighted by molar-refractivity contribution is -0.376. The molecule has 8 nitrogen and oxygen atoms in total. The second-order valence-electron chi connectivity index (χ2n) is 9.43. The van der Waals surface area contributed by atoms with Crippen LogP contribution in [-0.2, 0) is 31.6 Å². The van der Waals surface area contributed by atoms with Crippen LogP contribution in [0.3, 0.4) is 0 Å². The highest BCUT2D eigenvalue weighted by atomic mass is 32.2. The van der Waals surface area contributed by atoms with Gasteiger partial charge in [-0.2, -0.15) is 31.6 Å². The summed E-state index contributed by atoms with van der Waals surface area (Å²) in [5.74, 6) is -1.57. The van der Waals surface area contributed by atoms with Gasteiger partial charge in [-0.1, -0.05) is 18.2 Å². The molecular weight excluding hydrogens is 556 g/mol. The number of carbonyl (C=O) groups is 2. The summed E-state index contributed by atoms with van der Waals surface area (Å²) in [6, 6.07) is 6.55. The number of nitrogens with one attached hydrogen (secondary N) is 1. The summed E-state index contributed by atoms with van der Waals surface area (Å²) in [4.78, 5) is 27.5. The highest BCUT2D eigenvalue weighted by molar-refractivity contribution is 7.90. The Hall–Kier alpha value is -3.64. The van der Waals surface area contributed by atoms with Gasteiger partial charge in [0.1, 0.15) is 11.5 Å². The highest BCUT2D eigenvalue weighted by Crippen LogP contribution is 2.51. The fourth-order valence-electron chi connectivity index (χ4n) is 4.40. The van der Waals surface area contributed by atoms with Gasteiger partial charge in [-0.3, -0.25) is 9.59 Å². The summed E-state index contributed by atoms with van der Waals surface area (Å²) < 4.78 is 103. The lowest BCUT2D eigenvalue weighted by Gasteiger charge is -2.32. The summed E-state index contributed by atoms with van der Waals surface area (Å²) in [6.07, 6.45) is -10.7. The van der Waals surface area contributed by atoms with Crippen molar-refractivity contribution in [1.82, 2.24) is 4.90 Å². The largest absolute Gasteiger partial charge is 0.430 e. The van der Waals surface area contributed by atoms with Crippen LogP contribution < -0.4 is 5.32 Å². The lowest BCUT2D eigenvalue weighted by Crippen LogP contribution is -2.53. The van der Waals surface area contributed by atoms with Crippen LogP contribution in [-0.4, -0.2) is 48.8 Å². The zero-order valence-electron chi connectivity index (χ0n) is 19.9. The minimum atomic E-state index is -6.09. The van der Waals surface area contributed by atoms with Gasteiger partial charge in [0.05, 0.1) is 11.0 Å². The summed E-state index contributed by atoms with van der Waals surface area (Å²) in [5, 5.41) is 21.3. The molecule has 0 saturated heterocycles. The van der Waals surface area contributed by atoms with Crippen LogP contribution in [0.25, 0.3) is 0 Å². The molecule has 2 aromatic carbocycles. The van der Waals surface area contributed by atoms with E-state index in [2.05, 4.69) is 5.32 Å². The first kappa shape index (κ1) is 28.4. The Balaban J connectivity index is 1.67. The first-order valence-electron chi connectivity index (χ1n) is 11.2. The number of halogens is 6. The summed E-state index contributed by atoms with van der Waals surface area (Å²) >= 11 is 0. The number of aliphatic hydroxyl groups is 1. The molecule has 1 saturated carbocycles. The SMILES string of the molecule is CS(=O)(=O)c1ccc2c(c1)CN(C(=O)C1(C#N)CC1)C2C(=O)Nc1ccc(C(O)(C(F)(F)F)C(F)(F)F)cc1. The van der Waals surface area contributed by atoms with Gasteiger partial charge >= 0.3 is 12.4 Å². The second kappa shape index (κ2) is 8.95. The maximum absolute atomic E-state index is 13.3. The standard InChI is InChI=1S/C24H19F6N3O5S/c1-39(37,38)16-6-7-17-13(10-16)11-33(20(35)21(12-31)8-9-21)18(17)19(34)32-15-4-2-14(3-5-15)22(36,23(25,26)27)24(28,29)30/h2-7,10,18,36H,8-9,11H2,1H3,(H,32,34). The molecule has 1 heterocycles. The number of carbonyl (C=O) groups excluding carboxylic acids is 2. The van der Waals surface area contributed by atoms with Crippen molar-refractivity contribution in [2.45, 2.75) is 48.3 Å². The van der Waals surface area contributed by atoms with Gasteiger partial charge in [-0.15, -0.1) is 0 Å². The van der Waals surface area contributed by atoms with Crippen molar-refractivity contribution in [3.8, 4) is 6.07 Å². The van der Waals surface area contributed by atoms with Crippen LogP contribution >= 0.6 is 0 Å². The number of nitrogens with zero attached hydrogens (tertiary/aromatic N) is 2. The molecule has 1 aliphatic carbocycles. The number of benzene rings is 2. The molecule has 2 amide bonds. The number of hydrogen-bond donors (Lipinski definition) is 2. The van der Waals surface area contributed by atoms with E-state index in [1.807, 2.05) is 6.07 Å². The third kappa shape index (κ3) is 4.71. The molecule has 208 valence electrons. The van der Waals surface area contributed by atoms with E-state index >= 15 is 0 Å². The molecule has 1 fully saturated rings. The van der Waals surface area contributed by atoms with Crippen LogP contribution in [0, 0.1) is 16.7 Å². The Labute approximate surface area is 217 Å². The molecule has 1 unspecified atom stereocenters. The third-order valence-corrected chi connectivity index (χ3v) is 7.87. The van der Waals surface area contributed by atoms with E-state index in [0.29, 0.717) is 17.7 Å². The van der Waals surface area contributed by atoms with Crippen molar-refractivity contribution in [1.29, 1.82) is 5.26 Å². The van der Waals surface area contributed by atoms with E-state index in [9.17, 15) is 54.7 Å². The molecule has 4 rings (SSSR count). The zero-order chi connectivity index (χ0) is 29.2. The average Bonchev–Trinajstić information content (AvgIpc) is 3.54. The Kier molecular flexibility index (Phi) is 6.51. The zero-order valence-corrected chi connectivity index (χ0v) is 20.7. The molecule has 2 aliphatic rings. The molecule has 2 N–H and O–H groups in total. The van der Waals surface area contributed by atoms with Gasteiger partial charge in [0, 0.05) is 24.1 Å². The molecule has 0 spiro atoms. The quantitative estimate of drug-likeness (QED) is 0.524. The lowest BCUT2D eigenvalue weighted by atomic mass is 9.92. The Morgan fingerprint density at radius 3 is 2.08 bits per heavy atom. The molecule has 0 bridgehead atoms. The molecule has 1 aliphatic heterocycles. The van der Waals surface area contributed by atoms with E-state index in [1.165, 1.54) is 18.2 Å². The minimum absolute atomic E-state index is 0.0754. The maximum atomic E-state index is 13.3. The Bertz CT molecular complexity index is 1480. The third-order valence-electron chi connectivity index (χ3n) is 6.76. The summed E-state index contributed by atoms with van der Waals surface area (Å²) in [7, 11) is -3.64. The number of hydrogen-bond acceptors (Lipinski definition) is 6. The van der Waals surface area contributed by atoms with Gasteiger partial charge < -0.3 is 15.3 Å². The maximum Gasteiger partial charge on any atom is 0.430 e. The van der Waals surface area contributed by atoms with Crippen molar-refractivity contribution in [2.24, 2.45) is 5.41 Å². The first-order chi connectivity index (χ1) is 17.9. The number of rotatable bonds is 5. The van der Waals surface area contributed by atoms with Gasteiger partial charge in [-0.05, 0) is 48.2 Å². The molecule has 0 aromatic heterocycles. The van der Waals surface area contributed by atoms with Crippen molar-refractivity contribution in [3.05, 3.63) is 59.2 Å². The summed E-state index contributed by atoms with van der Waals surface area (Å²) in [5.41, 5.74) is -7.71. The number of alkyl halides is 6. The number of fused-ring (bicyclic) bond motifs is 1. The number of sulfone groups is 1. The number of anilines is 1. The van der Waals surface area contributed by atoms with Crippen molar-refractivity contribution in [2.75, 3.05) is 11.6 Å². The van der Waals surface area contributed by atoms with E-state index in [1.54, 1.807) is 0 Å². The average molecular weight is 575 g/mol. The van der Waals surface area contributed by atoms with Crippen LogP contribution in [0.4, 0.5) is 32.0 Å². The van der Waals surface area contributed by atoms with Crippen LogP contribution in [0.1, 0.15) is 35.6 Å². The minimum Gasteiger partial charge on any atom is -0.369 e. The number of amides is 2. The van der Waals surface area contributed by atoms with Gasteiger partial charge in [0.15, 0.2) is 9.84 Å². The van der Waals surface area contributed by atoms with Crippen LogP contribution in [0.2, 0.25) is 0 Å². The van der Waals surface area contributed by atoms with Crippen molar-refractivity contribution in [3.63, 3.8) is 0 Å². The van der Waals surface area contributed by atoms with E-state index in [4.69, 9.17) is 0 Å². The van der Waals surface area contributed by atoms with Gasteiger partial charge in [0.25, 0.3) is 11.5 Å². The summed E-state index contributed by atoms with van der Waals surface area (Å²) in [6.45, 7) is -0.206. The van der Waals surface area contributed by atoms with Crippen molar-refractivity contribution >= 4 is 27.3 Å². The van der Waals surface area contributed by atoms with Crippen LogP contribution in [0.5, 0.6) is 0 Å². The van der Waals surface area contributed by atoms with Crippen LogP contribution in [0.15, 0.2) is 47.4 Å². The van der Waals surface area contributed by atoms with E-state index in [0.717, 1.165) is 23.3 Å².